The van der Waals surface area contributed by atoms with E-state index in [4.69, 9.17) is 5.73 Å². The SMILES string of the molecule is C=C1C(N2CCSCC2)=CN=C(N)C1O. The molecule has 15 heavy (non-hydrogen) atoms. The highest BCUT2D eigenvalue weighted by Crippen LogP contribution is 2.24. The quantitative estimate of drug-likeness (QED) is 0.667. The zero-order chi connectivity index (χ0) is 10.8. The molecule has 2 heterocycles. The Morgan fingerprint density at radius 1 is 1.53 bits per heavy atom. The summed E-state index contributed by atoms with van der Waals surface area (Å²) in [4.78, 5) is 6.20. The van der Waals surface area contributed by atoms with E-state index in [1.165, 1.54) is 0 Å². The number of thioether (sulfide) groups is 1. The van der Waals surface area contributed by atoms with Crippen LogP contribution in [0.5, 0.6) is 0 Å². The Kier molecular flexibility index (Phi) is 3.02. The molecule has 82 valence electrons. The number of nitrogens with zero attached hydrogens (tertiary/aromatic N) is 2. The number of aliphatic hydroxyl groups excluding tert-OH is 1. The van der Waals surface area contributed by atoms with E-state index in [-0.39, 0.29) is 5.84 Å². The Labute approximate surface area is 93.5 Å². The lowest BCUT2D eigenvalue weighted by Crippen LogP contribution is -2.39. The fraction of sp³-hybridized carbons (Fsp3) is 0.500. The van der Waals surface area contributed by atoms with Crippen LogP contribution >= 0.6 is 11.8 Å². The van der Waals surface area contributed by atoms with Crippen LogP contribution in [0.25, 0.3) is 0 Å². The van der Waals surface area contributed by atoms with Crippen LogP contribution < -0.4 is 5.73 Å². The summed E-state index contributed by atoms with van der Waals surface area (Å²) >= 11 is 1.94. The van der Waals surface area contributed by atoms with Crippen molar-refractivity contribution in [2.24, 2.45) is 10.7 Å². The summed E-state index contributed by atoms with van der Waals surface area (Å²) in [6, 6.07) is 0. The predicted octanol–water partition coefficient (Wildman–Crippen LogP) is 0.165. The summed E-state index contributed by atoms with van der Waals surface area (Å²) in [6.45, 7) is 5.84. The average Bonchev–Trinajstić information content (AvgIpc) is 2.27. The van der Waals surface area contributed by atoms with Gasteiger partial charge in [-0.1, -0.05) is 6.58 Å². The molecular weight excluding hydrogens is 210 g/mol. The molecule has 0 amide bonds. The Bertz CT molecular complexity index is 332. The molecule has 2 aliphatic heterocycles. The van der Waals surface area contributed by atoms with Gasteiger partial charge < -0.3 is 15.7 Å². The Hall–Kier alpha value is -0.940. The molecule has 0 saturated carbocycles. The number of rotatable bonds is 1. The van der Waals surface area contributed by atoms with Gasteiger partial charge in [-0.25, -0.2) is 4.99 Å². The Morgan fingerprint density at radius 3 is 2.87 bits per heavy atom. The molecule has 0 aliphatic carbocycles. The molecule has 0 radical (unpaired) electrons. The molecule has 4 nitrogen and oxygen atoms in total. The minimum absolute atomic E-state index is 0.232. The largest absolute Gasteiger partial charge is 0.385 e. The molecular formula is C10H15N3OS. The first-order valence-corrected chi connectivity index (χ1v) is 6.09. The van der Waals surface area contributed by atoms with Crippen molar-refractivity contribution in [3.05, 3.63) is 24.0 Å². The van der Waals surface area contributed by atoms with Crippen molar-refractivity contribution in [1.29, 1.82) is 0 Å². The molecule has 1 atom stereocenters. The molecule has 1 fully saturated rings. The summed E-state index contributed by atoms with van der Waals surface area (Å²) in [6.07, 6.45) is 0.889. The molecule has 0 aromatic heterocycles. The summed E-state index contributed by atoms with van der Waals surface area (Å²) in [5.41, 5.74) is 7.12. The van der Waals surface area contributed by atoms with Crippen LogP contribution in [0, 0.1) is 0 Å². The molecule has 2 aliphatic rings. The second-order valence-electron chi connectivity index (χ2n) is 3.60. The van der Waals surface area contributed by atoms with E-state index in [9.17, 15) is 5.11 Å². The molecule has 0 aromatic rings. The van der Waals surface area contributed by atoms with Gasteiger partial charge in [-0.15, -0.1) is 0 Å². The molecule has 1 saturated heterocycles. The van der Waals surface area contributed by atoms with Gasteiger partial charge in [0.15, 0.2) is 0 Å². The standard InChI is InChI=1S/C10H15N3OS/c1-7-8(6-12-10(11)9(7)14)13-2-4-15-5-3-13/h6,9,14H,1-5H2,(H2,11,12). The first-order chi connectivity index (χ1) is 7.20. The highest BCUT2D eigenvalue weighted by molar-refractivity contribution is 7.99. The van der Waals surface area contributed by atoms with E-state index in [1.807, 2.05) is 11.8 Å². The minimum Gasteiger partial charge on any atom is -0.385 e. The first kappa shape index (κ1) is 10.6. The van der Waals surface area contributed by atoms with Crippen molar-refractivity contribution in [3.8, 4) is 0 Å². The van der Waals surface area contributed by atoms with E-state index in [0.717, 1.165) is 30.3 Å². The monoisotopic (exact) mass is 225 g/mol. The molecule has 0 bridgehead atoms. The summed E-state index contributed by atoms with van der Waals surface area (Å²) in [5, 5.41) is 9.72. The van der Waals surface area contributed by atoms with Crippen LogP contribution in [0.2, 0.25) is 0 Å². The number of nitrogens with two attached hydrogens (primary N) is 1. The maximum Gasteiger partial charge on any atom is 0.137 e. The van der Waals surface area contributed by atoms with Gasteiger partial charge in [-0.3, -0.25) is 0 Å². The third kappa shape index (κ3) is 2.03. The van der Waals surface area contributed by atoms with Crippen molar-refractivity contribution >= 4 is 17.6 Å². The van der Waals surface area contributed by atoms with Crippen molar-refractivity contribution in [2.45, 2.75) is 6.10 Å². The number of hydrogen-bond acceptors (Lipinski definition) is 5. The maximum absolute atomic E-state index is 9.72. The van der Waals surface area contributed by atoms with Gasteiger partial charge in [-0.2, -0.15) is 11.8 Å². The smallest absolute Gasteiger partial charge is 0.137 e. The highest BCUT2D eigenvalue weighted by Gasteiger charge is 2.25. The van der Waals surface area contributed by atoms with Gasteiger partial charge in [0.2, 0.25) is 0 Å². The van der Waals surface area contributed by atoms with Crippen molar-refractivity contribution < 1.29 is 5.11 Å². The first-order valence-electron chi connectivity index (χ1n) is 4.93. The fourth-order valence-corrected chi connectivity index (χ4v) is 2.60. The lowest BCUT2D eigenvalue weighted by molar-refractivity contribution is 0.263. The lowest BCUT2D eigenvalue weighted by Gasteiger charge is -2.33. The molecule has 0 spiro atoms. The molecule has 0 aromatic carbocycles. The minimum atomic E-state index is -0.820. The van der Waals surface area contributed by atoms with Crippen LogP contribution in [0.1, 0.15) is 0 Å². The molecule has 5 heteroatoms. The summed E-state index contributed by atoms with van der Waals surface area (Å²) in [7, 11) is 0. The van der Waals surface area contributed by atoms with Gasteiger partial charge in [0, 0.05) is 30.2 Å². The number of hydrogen-bond donors (Lipinski definition) is 2. The van der Waals surface area contributed by atoms with E-state index in [1.54, 1.807) is 6.20 Å². The lowest BCUT2D eigenvalue weighted by atomic mass is 10.0. The molecule has 3 N–H and O–H groups in total. The number of aliphatic imine (C=N–C) groups is 1. The van der Waals surface area contributed by atoms with Crippen LogP contribution in [0.15, 0.2) is 29.0 Å². The number of amidine groups is 1. The topological polar surface area (TPSA) is 61.8 Å². The van der Waals surface area contributed by atoms with E-state index in [0.29, 0.717) is 5.57 Å². The van der Waals surface area contributed by atoms with E-state index in [2.05, 4.69) is 16.5 Å². The van der Waals surface area contributed by atoms with Crippen molar-refractivity contribution in [2.75, 3.05) is 24.6 Å². The Morgan fingerprint density at radius 2 is 2.20 bits per heavy atom. The summed E-state index contributed by atoms with van der Waals surface area (Å²) in [5.74, 6) is 2.45. The van der Waals surface area contributed by atoms with Gasteiger partial charge >= 0.3 is 0 Å². The van der Waals surface area contributed by atoms with Gasteiger partial charge in [0.25, 0.3) is 0 Å². The number of aliphatic hydroxyl groups is 1. The van der Waals surface area contributed by atoms with Crippen LogP contribution in [-0.4, -0.2) is 46.5 Å². The molecule has 1 unspecified atom stereocenters. The van der Waals surface area contributed by atoms with E-state index >= 15 is 0 Å². The zero-order valence-corrected chi connectivity index (χ0v) is 9.33. The maximum atomic E-state index is 9.72. The van der Waals surface area contributed by atoms with Gasteiger partial charge in [0.1, 0.15) is 11.9 Å². The van der Waals surface area contributed by atoms with Crippen molar-refractivity contribution in [1.82, 2.24) is 4.90 Å². The van der Waals surface area contributed by atoms with E-state index < -0.39 is 6.10 Å². The Balaban J connectivity index is 2.17. The van der Waals surface area contributed by atoms with Crippen LogP contribution in [0.3, 0.4) is 0 Å². The second-order valence-corrected chi connectivity index (χ2v) is 4.82. The second kappa shape index (κ2) is 4.28. The normalized spacial score (nSPS) is 27.4. The fourth-order valence-electron chi connectivity index (χ4n) is 1.70. The van der Waals surface area contributed by atoms with Crippen LogP contribution in [-0.2, 0) is 0 Å². The van der Waals surface area contributed by atoms with Crippen LogP contribution in [0.4, 0.5) is 0 Å². The summed E-state index contributed by atoms with van der Waals surface area (Å²) < 4.78 is 0. The van der Waals surface area contributed by atoms with Gasteiger partial charge in [0.05, 0.1) is 11.9 Å². The average molecular weight is 225 g/mol. The highest BCUT2D eigenvalue weighted by atomic mass is 32.2. The predicted molar refractivity (Wildman–Crippen MR) is 63.8 cm³/mol. The molecule has 2 rings (SSSR count). The zero-order valence-electron chi connectivity index (χ0n) is 8.52. The van der Waals surface area contributed by atoms with Gasteiger partial charge in [-0.05, 0) is 0 Å². The van der Waals surface area contributed by atoms with Crippen molar-refractivity contribution in [3.63, 3.8) is 0 Å². The third-order valence-corrected chi connectivity index (χ3v) is 3.57. The third-order valence-electron chi connectivity index (χ3n) is 2.63.